The normalized spacial score (nSPS) is 18.8. The fourth-order valence-corrected chi connectivity index (χ4v) is 4.85. The number of hydrogen-bond acceptors (Lipinski definition) is 5. The second-order valence-electron chi connectivity index (χ2n) is 9.32. The number of carbonyl (C=O) groups excluding carboxylic acids is 1. The lowest BCUT2D eigenvalue weighted by Crippen LogP contribution is -2.49. The first-order chi connectivity index (χ1) is 17.6. The zero-order valence-electron chi connectivity index (χ0n) is 20.5. The molecule has 1 amide bonds. The molecule has 3 aromatic rings. The molecule has 0 spiro atoms. The van der Waals surface area contributed by atoms with Crippen LogP contribution in [0.15, 0.2) is 84.0 Å². The van der Waals surface area contributed by atoms with Gasteiger partial charge in [-0.2, -0.15) is 5.10 Å². The molecule has 36 heavy (non-hydrogen) atoms. The SMILES string of the molecule is COc1ccc(C2=NN(C(=O)CN3CCN(Cc4ccccc4)CC3)[C@H](c3ccc(F)cc3)C2)cc1. The molecule has 5 rings (SSSR count). The number of hydrazone groups is 1. The van der Waals surface area contributed by atoms with Crippen LogP contribution in [-0.2, 0) is 11.3 Å². The maximum atomic E-state index is 13.6. The van der Waals surface area contributed by atoms with Crippen LogP contribution in [0.2, 0.25) is 0 Å². The molecule has 0 aliphatic carbocycles. The van der Waals surface area contributed by atoms with Crippen molar-refractivity contribution in [2.45, 2.75) is 19.0 Å². The van der Waals surface area contributed by atoms with Crippen LogP contribution >= 0.6 is 0 Å². The highest BCUT2D eigenvalue weighted by Crippen LogP contribution is 2.33. The van der Waals surface area contributed by atoms with Crippen LogP contribution in [0.5, 0.6) is 5.75 Å². The lowest BCUT2D eigenvalue weighted by Gasteiger charge is -2.35. The summed E-state index contributed by atoms with van der Waals surface area (Å²) in [6.45, 7) is 4.76. The third-order valence-electron chi connectivity index (χ3n) is 6.92. The van der Waals surface area contributed by atoms with E-state index in [1.807, 2.05) is 30.3 Å². The molecule has 0 aromatic heterocycles. The Balaban J connectivity index is 1.27. The van der Waals surface area contributed by atoms with E-state index in [4.69, 9.17) is 9.84 Å². The summed E-state index contributed by atoms with van der Waals surface area (Å²) in [6, 6.07) is 24.3. The van der Waals surface area contributed by atoms with Crippen molar-refractivity contribution in [2.75, 3.05) is 39.8 Å². The van der Waals surface area contributed by atoms with Crippen molar-refractivity contribution >= 4 is 11.6 Å². The summed E-state index contributed by atoms with van der Waals surface area (Å²) in [7, 11) is 1.63. The van der Waals surface area contributed by atoms with Gasteiger partial charge in [-0.3, -0.25) is 14.6 Å². The van der Waals surface area contributed by atoms with Gasteiger partial charge in [-0.15, -0.1) is 0 Å². The monoisotopic (exact) mass is 486 g/mol. The van der Waals surface area contributed by atoms with Gasteiger partial charge < -0.3 is 4.74 Å². The largest absolute Gasteiger partial charge is 0.497 e. The smallest absolute Gasteiger partial charge is 0.257 e. The predicted octanol–water partition coefficient (Wildman–Crippen LogP) is 4.33. The second-order valence-corrected chi connectivity index (χ2v) is 9.32. The summed E-state index contributed by atoms with van der Waals surface area (Å²) in [5, 5.41) is 6.36. The van der Waals surface area contributed by atoms with Gasteiger partial charge in [0.05, 0.1) is 25.4 Å². The number of rotatable bonds is 7. The van der Waals surface area contributed by atoms with Crippen LogP contribution in [0.4, 0.5) is 4.39 Å². The van der Waals surface area contributed by atoms with Crippen molar-refractivity contribution in [3.05, 3.63) is 101 Å². The van der Waals surface area contributed by atoms with Crippen LogP contribution in [0.3, 0.4) is 0 Å². The first-order valence-electron chi connectivity index (χ1n) is 12.4. The van der Waals surface area contributed by atoms with E-state index in [1.165, 1.54) is 17.7 Å². The van der Waals surface area contributed by atoms with Gasteiger partial charge in [-0.1, -0.05) is 42.5 Å². The molecule has 0 saturated carbocycles. The number of benzene rings is 3. The Morgan fingerprint density at radius 3 is 2.25 bits per heavy atom. The van der Waals surface area contributed by atoms with Gasteiger partial charge in [-0.05, 0) is 53.1 Å². The predicted molar refractivity (Wildman–Crippen MR) is 138 cm³/mol. The summed E-state index contributed by atoms with van der Waals surface area (Å²) >= 11 is 0. The molecule has 3 aromatic carbocycles. The highest BCUT2D eigenvalue weighted by atomic mass is 19.1. The number of carbonyl (C=O) groups is 1. The molecule has 1 atom stereocenters. The van der Waals surface area contributed by atoms with E-state index in [2.05, 4.69) is 34.1 Å². The van der Waals surface area contributed by atoms with E-state index >= 15 is 0 Å². The van der Waals surface area contributed by atoms with Gasteiger partial charge >= 0.3 is 0 Å². The molecule has 1 saturated heterocycles. The molecule has 0 N–H and O–H groups in total. The lowest BCUT2D eigenvalue weighted by molar-refractivity contribution is -0.134. The molecule has 186 valence electrons. The molecule has 0 radical (unpaired) electrons. The molecule has 2 aliphatic heterocycles. The van der Waals surface area contributed by atoms with Crippen LogP contribution in [0.25, 0.3) is 0 Å². The quantitative estimate of drug-likeness (QED) is 0.499. The molecule has 0 unspecified atom stereocenters. The van der Waals surface area contributed by atoms with E-state index in [-0.39, 0.29) is 17.8 Å². The average molecular weight is 487 g/mol. The minimum absolute atomic E-state index is 0.0376. The topological polar surface area (TPSA) is 48.4 Å². The zero-order valence-corrected chi connectivity index (χ0v) is 20.5. The second kappa shape index (κ2) is 11.0. The minimum Gasteiger partial charge on any atom is -0.497 e. The number of piperazine rings is 1. The molecule has 2 aliphatic rings. The van der Waals surface area contributed by atoms with E-state index in [0.29, 0.717) is 13.0 Å². The van der Waals surface area contributed by atoms with Crippen LogP contribution in [0, 0.1) is 5.82 Å². The van der Waals surface area contributed by atoms with Crippen molar-refractivity contribution in [1.29, 1.82) is 0 Å². The highest BCUT2D eigenvalue weighted by molar-refractivity contribution is 6.03. The Labute approximate surface area is 211 Å². The summed E-state index contributed by atoms with van der Waals surface area (Å²) < 4.78 is 18.9. The average Bonchev–Trinajstić information content (AvgIpc) is 3.37. The number of amides is 1. The van der Waals surface area contributed by atoms with Gasteiger partial charge in [0.15, 0.2) is 0 Å². The number of nitrogens with zero attached hydrogens (tertiary/aromatic N) is 4. The zero-order chi connectivity index (χ0) is 24.9. The van der Waals surface area contributed by atoms with E-state index in [1.54, 1.807) is 24.3 Å². The van der Waals surface area contributed by atoms with Gasteiger partial charge in [-0.25, -0.2) is 9.40 Å². The molecule has 1 fully saturated rings. The van der Waals surface area contributed by atoms with Crippen molar-refractivity contribution in [1.82, 2.24) is 14.8 Å². The number of hydrogen-bond donors (Lipinski definition) is 0. The third kappa shape index (κ3) is 5.64. The summed E-state index contributed by atoms with van der Waals surface area (Å²) in [5.41, 5.74) is 3.98. The first kappa shape index (κ1) is 24.2. The Morgan fingerprint density at radius 1 is 0.917 bits per heavy atom. The first-order valence-corrected chi connectivity index (χ1v) is 12.4. The van der Waals surface area contributed by atoms with Crippen LogP contribution in [-0.4, -0.2) is 66.3 Å². The Kier molecular flexibility index (Phi) is 7.39. The third-order valence-corrected chi connectivity index (χ3v) is 6.92. The van der Waals surface area contributed by atoms with Gasteiger partial charge in [0.1, 0.15) is 11.6 Å². The minimum atomic E-state index is -0.292. The molecule has 6 nitrogen and oxygen atoms in total. The van der Waals surface area contributed by atoms with Gasteiger partial charge in [0.2, 0.25) is 0 Å². The standard InChI is InChI=1S/C29H31FN4O2/c1-36-26-13-9-23(10-14-26)27-19-28(24-7-11-25(30)12-8-24)34(31-27)29(35)21-33-17-15-32(16-18-33)20-22-5-3-2-4-6-22/h2-14,28H,15-21H2,1H3/t28-/m0/s1. The fourth-order valence-electron chi connectivity index (χ4n) is 4.85. The molecule has 7 heteroatoms. The molecular formula is C29H31FN4O2. The number of ether oxygens (including phenoxy) is 1. The van der Waals surface area contributed by atoms with E-state index < -0.39 is 0 Å². The van der Waals surface area contributed by atoms with Gasteiger partial charge in [0.25, 0.3) is 5.91 Å². The summed E-state index contributed by atoms with van der Waals surface area (Å²) in [4.78, 5) is 18.1. The van der Waals surface area contributed by atoms with Crippen LogP contribution < -0.4 is 4.74 Å². The number of methoxy groups -OCH3 is 1. The summed E-state index contributed by atoms with van der Waals surface area (Å²) in [6.07, 6.45) is 0.578. The van der Waals surface area contributed by atoms with E-state index in [0.717, 1.165) is 55.3 Å². The highest BCUT2D eigenvalue weighted by Gasteiger charge is 2.34. The van der Waals surface area contributed by atoms with Gasteiger partial charge in [0, 0.05) is 39.1 Å². The molecular weight excluding hydrogens is 455 g/mol. The molecule has 0 bridgehead atoms. The Morgan fingerprint density at radius 2 is 1.58 bits per heavy atom. The summed E-state index contributed by atoms with van der Waals surface area (Å²) in [5.74, 6) is 0.440. The van der Waals surface area contributed by atoms with E-state index in [9.17, 15) is 9.18 Å². The van der Waals surface area contributed by atoms with Crippen molar-refractivity contribution < 1.29 is 13.9 Å². The fraction of sp³-hybridized carbons (Fsp3) is 0.310. The Hall–Kier alpha value is -3.55. The molecule has 2 heterocycles. The van der Waals surface area contributed by atoms with Crippen molar-refractivity contribution in [3.8, 4) is 5.75 Å². The maximum Gasteiger partial charge on any atom is 0.257 e. The van der Waals surface area contributed by atoms with Crippen molar-refractivity contribution in [2.24, 2.45) is 5.10 Å². The Bertz CT molecular complexity index is 1190. The maximum absolute atomic E-state index is 13.6. The van der Waals surface area contributed by atoms with Crippen LogP contribution in [0.1, 0.15) is 29.2 Å². The lowest BCUT2D eigenvalue weighted by atomic mass is 9.98. The van der Waals surface area contributed by atoms with Crippen molar-refractivity contribution in [3.63, 3.8) is 0 Å². The number of halogens is 1.